The molecule has 0 N–H and O–H groups in total. The van der Waals surface area contributed by atoms with Crippen LogP contribution < -0.4 is 5.63 Å². The van der Waals surface area contributed by atoms with Crippen molar-refractivity contribution >= 4 is 42.8 Å². The molecule has 0 radical (unpaired) electrons. The SMILES string of the molecule is CCCCc1cc2cc(Br)cc(Br)c2oc1=O. The highest BCUT2D eigenvalue weighted by Crippen LogP contribution is 2.28. The Bertz CT molecular complexity index is 602. The number of hydrogen-bond donors (Lipinski definition) is 0. The monoisotopic (exact) mass is 358 g/mol. The van der Waals surface area contributed by atoms with E-state index in [2.05, 4.69) is 38.8 Å². The maximum Gasteiger partial charge on any atom is 0.339 e. The molecule has 90 valence electrons. The van der Waals surface area contributed by atoms with Gasteiger partial charge in [-0.3, -0.25) is 0 Å². The van der Waals surface area contributed by atoms with Crippen LogP contribution in [-0.4, -0.2) is 0 Å². The third kappa shape index (κ3) is 2.80. The maximum atomic E-state index is 11.8. The fourth-order valence-electron chi connectivity index (χ4n) is 1.74. The van der Waals surface area contributed by atoms with Crippen molar-refractivity contribution in [3.8, 4) is 0 Å². The van der Waals surface area contributed by atoms with E-state index in [9.17, 15) is 4.79 Å². The van der Waals surface area contributed by atoms with Gasteiger partial charge in [0, 0.05) is 15.4 Å². The Morgan fingerprint density at radius 1 is 1.24 bits per heavy atom. The summed E-state index contributed by atoms with van der Waals surface area (Å²) in [7, 11) is 0. The van der Waals surface area contributed by atoms with Crippen molar-refractivity contribution in [2.45, 2.75) is 26.2 Å². The lowest BCUT2D eigenvalue weighted by atomic mass is 10.1. The Balaban J connectivity index is 2.59. The molecule has 0 atom stereocenters. The largest absolute Gasteiger partial charge is 0.421 e. The average Bonchev–Trinajstić information content (AvgIpc) is 2.27. The number of hydrogen-bond acceptors (Lipinski definition) is 2. The summed E-state index contributed by atoms with van der Waals surface area (Å²) < 4.78 is 7.11. The highest BCUT2D eigenvalue weighted by atomic mass is 79.9. The molecule has 0 saturated carbocycles. The quantitative estimate of drug-likeness (QED) is 0.746. The van der Waals surface area contributed by atoms with E-state index < -0.39 is 0 Å². The van der Waals surface area contributed by atoms with Gasteiger partial charge in [0.2, 0.25) is 0 Å². The molecule has 0 aliphatic carbocycles. The predicted octanol–water partition coefficient (Wildman–Crippen LogP) is 4.66. The molecule has 2 rings (SSSR count). The van der Waals surface area contributed by atoms with Gasteiger partial charge in [0.05, 0.1) is 4.47 Å². The number of aryl methyl sites for hydroxylation is 1. The summed E-state index contributed by atoms with van der Waals surface area (Å²) in [6, 6.07) is 5.75. The highest BCUT2D eigenvalue weighted by molar-refractivity contribution is 9.11. The lowest BCUT2D eigenvalue weighted by Gasteiger charge is -2.03. The van der Waals surface area contributed by atoms with Crippen LogP contribution >= 0.6 is 31.9 Å². The van der Waals surface area contributed by atoms with E-state index in [0.29, 0.717) is 5.58 Å². The van der Waals surface area contributed by atoms with Gasteiger partial charge >= 0.3 is 5.63 Å². The molecule has 0 aliphatic heterocycles. The molecule has 0 amide bonds. The van der Waals surface area contributed by atoms with Gasteiger partial charge in [-0.05, 0) is 47.0 Å². The first-order valence-electron chi connectivity index (χ1n) is 5.53. The van der Waals surface area contributed by atoms with Gasteiger partial charge < -0.3 is 4.42 Å². The fourth-order valence-corrected chi connectivity index (χ4v) is 3.08. The van der Waals surface area contributed by atoms with Gasteiger partial charge in [-0.25, -0.2) is 4.79 Å². The molecule has 4 heteroatoms. The second kappa shape index (κ2) is 5.36. The Hall–Kier alpha value is -0.610. The number of rotatable bonds is 3. The minimum atomic E-state index is -0.228. The van der Waals surface area contributed by atoms with Crippen molar-refractivity contribution in [1.29, 1.82) is 0 Å². The third-order valence-corrected chi connectivity index (χ3v) is 3.67. The summed E-state index contributed by atoms with van der Waals surface area (Å²) in [5.74, 6) is 0. The molecule has 0 fully saturated rings. The highest BCUT2D eigenvalue weighted by Gasteiger charge is 2.08. The van der Waals surface area contributed by atoms with Crippen LogP contribution in [0.5, 0.6) is 0 Å². The summed E-state index contributed by atoms with van der Waals surface area (Å²) in [6.45, 7) is 2.11. The summed E-state index contributed by atoms with van der Waals surface area (Å²) >= 11 is 6.83. The first-order valence-corrected chi connectivity index (χ1v) is 7.12. The van der Waals surface area contributed by atoms with Crippen LogP contribution in [0.25, 0.3) is 11.0 Å². The smallest absolute Gasteiger partial charge is 0.339 e. The van der Waals surface area contributed by atoms with E-state index in [1.807, 2.05) is 18.2 Å². The molecule has 0 bridgehead atoms. The Labute approximate surface area is 116 Å². The molecule has 0 saturated heterocycles. The second-order valence-corrected chi connectivity index (χ2v) is 5.74. The van der Waals surface area contributed by atoms with Crippen molar-refractivity contribution in [2.24, 2.45) is 0 Å². The van der Waals surface area contributed by atoms with Crippen molar-refractivity contribution < 1.29 is 4.42 Å². The van der Waals surface area contributed by atoms with E-state index in [1.165, 1.54) is 0 Å². The van der Waals surface area contributed by atoms with Crippen LogP contribution in [0.15, 0.2) is 36.4 Å². The van der Waals surface area contributed by atoms with Crippen LogP contribution in [0.3, 0.4) is 0 Å². The number of halogens is 2. The molecule has 1 heterocycles. The number of unbranched alkanes of at least 4 members (excludes halogenated alkanes) is 1. The van der Waals surface area contributed by atoms with Gasteiger partial charge in [-0.1, -0.05) is 29.3 Å². The molecular formula is C13H12Br2O2. The number of benzene rings is 1. The Morgan fingerprint density at radius 2 is 2.00 bits per heavy atom. The van der Waals surface area contributed by atoms with Gasteiger partial charge in [-0.2, -0.15) is 0 Å². The molecule has 1 aromatic carbocycles. The second-order valence-electron chi connectivity index (χ2n) is 3.97. The fraction of sp³-hybridized carbons (Fsp3) is 0.308. The standard InChI is InChI=1S/C13H12Br2O2/c1-2-3-4-8-5-9-6-10(14)7-11(15)12(9)17-13(8)16/h5-7H,2-4H2,1H3. The predicted molar refractivity (Wildman–Crippen MR) is 76.5 cm³/mol. The van der Waals surface area contributed by atoms with Gasteiger partial charge in [0.15, 0.2) is 5.58 Å². The molecular weight excluding hydrogens is 348 g/mol. The average molecular weight is 360 g/mol. The zero-order valence-corrected chi connectivity index (χ0v) is 12.6. The van der Waals surface area contributed by atoms with E-state index in [0.717, 1.165) is 39.2 Å². The molecule has 0 unspecified atom stereocenters. The topological polar surface area (TPSA) is 30.2 Å². The van der Waals surface area contributed by atoms with Gasteiger partial charge in [0.25, 0.3) is 0 Å². The molecule has 17 heavy (non-hydrogen) atoms. The molecule has 0 spiro atoms. The van der Waals surface area contributed by atoms with Crippen LogP contribution in [-0.2, 0) is 6.42 Å². The minimum absolute atomic E-state index is 0.228. The summed E-state index contributed by atoms with van der Waals surface area (Å²) in [5.41, 5.74) is 1.14. The Morgan fingerprint density at radius 3 is 2.71 bits per heavy atom. The minimum Gasteiger partial charge on any atom is -0.421 e. The van der Waals surface area contributed by atoms with E-state index in [-0.39, 0.29) is 5.63 Å². The van der Waals surface area contributed by atoms with Crippen molar-refractivity contribution in [3.63, 3.8) is 0 Å². The van der Waals surface area contributed by atoms with E-state index in [1.54, 1.807) is 0 Å². The molecule has 2 aromatic rings. The number of fused-ring (bicyclic) bond motifs is 1. The third-order valence-electron chi connectivity index (χ3n) is 2.62. The Kier molecular flexibility index (Phi) is 4.05. The zero-order valence-electron chi connectivity index (χ0n) is 9.43. The van der Waals surface area contributed by atoms with Crippen molar-refractivity contribution in [2.75, 3.05) is 0 Å². The van der Waals surface area contributed by atoms with Crippen molar-refractivity contribution in [1.82, 2.24) is 0 Å². The van der Waals surface area contributed by atoms with Gasteiger partial charge in [-0.15, -0.1) is 0 Å². The van der Waals surface area contributed by atoms with Crippen LogP contribution in [0, 0.1) is 0 Å². The van der Waals surface area contributed by atoms with E-state index >= 15 is 0 Å². The van der Waals surface area contributed by atoms with Crippen molar-refractivity contribution in [3.05, 3.63) is 43.1 Å². The summed E-state index contributed by atoms with van der Waals surface area (Å²) in [4.78, 5) is 11.8. The summed E-state index contributed by atoms with van der Waals surface area (Å²) in [5, 5.41) is 0.942. The normalized spacial score (nSPS) is 11.0. The first-order chi connectivity index (χ1) is 8.11. The first kappa shape index (κ1) is 12.8. The zero-order chi connectivity index (χ0) is 12.4. The molecule has 2 nitrogen and oxygen atoms in total. The van der Waals surface area contributed by atoms with E-state index in [4.69, 9.17) is 4.42 Å². The molecule has 0 aliphatic rings. The lowest BCUT2D eigenvalue weighted by Crippen LogP contribution is -2.07. The maximum absolute atomic E-state index is 11.8. The van der Waals surface area contributed by atoms with Gasteiger partial charge in [0.1, 0.15) is 0 Å². The van der Waals surface area contributed by atoms with Crippen LogP contribution in [0.2, 0.25) is 0 Å². The van der Waals surface area contributed by atoms with Crippen LogP contribution in [0.4, 0.5) is 0 Å². The van der Waals surface area contributed by atoms with Crippen LogP contribution in [0.1, 0.15) is 25.3 Å². The lowest BCUT2D eigenvalue weighted by molar-refractivity contribution is 0.545. The molecule has 1 aromatic heterocycles. The summed E-state index contributed by atoms with van der Waals surface area (Å²) in [6.07, 6.45) is 2.85.